The minimum Gasteiger partial charge on any atom is -0.465 e. The smallest absolute Gasteiger partial charge is 0.465 e. The number of esters is 1. The zero-order valence-electron chi connectivity index (χ0n) is 19.9. The molecule has 1 N–H and O–H groups in total. The maximum absolute atomic E-state index is 11.5. The number of hydrogen-bond donors (Lipinski definition) is 1. The number of carbonyl (C=O) groups excluding carboxylic acids is 1. The van der Waals surface area contributed by atoms with Crippen molar-refractivity contribution in [3.05, 3.63) is 0 Å². The van der Waals surface area contributed by atoms with E-state index in [1.165, 1.54) is 19.3 Å². The first kappa shape index (κ1) is 32.5. The molecule has 0 aliphatic heterocycles. The maximum atomic E-state index is 11.5. The Labute approximate surface area is 207 Å². The molecular weight excluding hydrogens is 415 g/mol. The van der Waals surface area contributed by atoms with Gasteiger partial charge in [-0.2, -0.15) is 8.42 Å². The largest absolute Gasteiger partial charge is 1.00 e. The van der Waals surface area contributed by atoms with Crippen LogP contribution >= 0.6 is 0 Å². The predicted molar refractivity (Wildman–Crippen MR) is 117 cm³/mol. The monoisotopic (exact) mass is 459 g/mol. The van der Waals surface area contributed by atoms with E-state index >= 15 is 0 Å². The van der Waals surface area contributed by atoms with E-state index in [0.717, 1.165) is 57.8 Å². The molecule has 0 bridgehead atoms. The molecule has 0 radical (unpaired) electrons. The van der Waals surface area contributed by atoms with Crippen molar-refractivity contribution in [1.29, 1.82) is 0 Å². The minimum absolute atomic E-state index is 0. The summed E-state index contributed by atoms with van der Waals surface area (Å²) in [4.78, 5) is 11.5. The van der Waals surface area contributed by atoms with E-state index in [2.05, 4.69) is 6.92 Å². The molecule has 0 amide bonds. The van der Waals surface area contributed by atoms with Gasteiger partial charge in [0, 0.05) is 6.42 Å². The third-order valence-electron chi connectivity index (χ3n) is 4.87. The predicted octanol–water partition coefficient (Wildman–Crippen LogP) is 3.25. The second-order valence-electron chi connectivity index (χ2n) is 8.44. The van der Waals surface area contributed by atoms with Crippen LogP contribution in [0.5, 0.6) is 0 Å². The molecular formula is C22H44NaO6S+. The van der Waals surface area contributed by atoms with E-state index in [9.17, 15) is 13.2 Å². The Morgan fingerprint density at radius 3 is 1.77 bits per heavy atom. The molecule has 0 fully saturated rings. The average Bonchev–Trinajstić information content (AvgIpc) is 2.63. The van der Waals surface area contributed by atoms with Crippen LogP contribution in [-0.2, 0) is 24.1 Å². The summed E-state index contributed by atoms with van der Waals surface area (Å²) < 4.78 is 41.1. The molecule has 8 heteroatoms. The van der Waals surface area contributed by atoms with Crippen molar-refractivity contribution < 1.29 is 56.2 Å². The zero-order chi connectivity index (χ0) is 22.0. The second-order valence-corrected chi connectivity index (χ2v) is 9.49. The Morgan fingerprint density at radius 1 is 0.833 bits per heavy atom. The molecule has 1 atom stereocenters. The Kier molecular flexibility index (Phi) is 23.0. The molecule has 0 saturated heterocycles. The van der Waals surface area contributed by atoms with Gasteiger partial charge in [0.15, 0.2) is 0 Å². The van der Waals surface area contributed by atoms with Crippen LogP contribution in [0, 0.1) is 5.92 Å². The first-order chi connectivity index (χ1) is 13.7. The second kappa shape index (κ2) is 21.2. The molecule has 0 aromatic heterocycles. The number of carbonyl (C=O) groups is 1. The van der Waals surface area contributed by atoms with E-state index in [1.807, 2.05) is 13.8 Å². The van der Waals surface area contributed by atoms with Crippen molar-refractivity contribution in [3.63, 3.8) is 0 Å². The Hall–Kier alpha value is 0.340. The van der Waals surface area contributed by atoms with Gasteiger partial charge < -0.3 is 4.74 Å². The third-order valence-corrected chi connectivity index (χ3v) is 5.39. The Morgan fingerprint density at radius 2 is 1.30 bits per heavy atom. The van der Waals surface area contributed by atoms with E-state index in [4.69, 9.17) is 13.5 Å². The van der Waals surface area contributed by atoms with Crippen molar-refractivity contribution in [3.8, 4) is 0 Å². The van der Waals surface area contributed by atoms with Crippen LogP contribution in [-0.4, -0.2) is 31.7 Å². The summed E-state index contributed by atoms with van der Waals surface area (Å²) in [7, 11) is -4.39. The quantitative estimate of drug-likeness (QED) is 0.130. The molecule has 6 nitrogen and oxygen atoms in total. The summed E-state index contributed by atoms with van der Waals surface area (Å²) in [5.41, 5.74) is 0. The number of unbranched alkanes of at least 4 members (excludes halogenated alkanes) is 10. The number of ether oxygens (including phenoxy) is 1. The van der Waals surface area contributed by atoms with Gasteiger partial charge in [0.1, 0.15) is 0 Å². The van der Waals surface area contributed by atoms with Crippen molar-refractivity contribution in [1.82, 2.24) is 0 Å². The van der Waals surface area contributed by atoms with Crippen molar-refractivity contribution >= 4 is 16.4 Å². The maximum Gasteiger partial charge on any atom is 1.00 e. The molecule has 0 heterocycles. The van der Waals surface area contributed by atoms with Crippen LogP contribution in [0.15, 0.2) is 0 Å². The van der Waals surface area contributed by atoms with Gasteiger partial charge in [-0.3, -0.25) is 9.35 Å². The van der Waals surface area contributed by atoms with Gasteiger partial charge in [-0.25, -0.2) is 4.18 Å². The van der Waals surface area contributed by atoms with E-state index in [0.29, 0.717) is 31.8 Å². The van der Waals surface area contributed by atoms with E-state index in [1.54, 1.807) is 0 Å². The summed E-state index contributed by atoms with van der Waals surface area (Å²) in [5, 5.41) is 0. The van der Waals surface area contributed by atoms with E-state index in [-0.39, 0.29) is 35.5 Å². The average molecular weight is 460 g/mol. The molecule has 30 heavy (non-hydrogen) atoms. The SMILES string of the molecule is CCCCCCCCC(CCCCCCCCC(=O)OCC(C)C)OS(=O)(=O)O.[Na+]. The normalized spacial score (nSPS) is 12.6. The summed E-state index contributed by atoms with van der Waals surface area (Å²) in [6, 6.07) is 0. The molecule has 1 unspecified atom stereocenters. The topological polar surface area (TPSA) is 89.9 Å². The summed E-state index contributed by atoms with van der Waals surface area (Å²) in [6.45, 7) is 6.71. The minimum atomic E-state index is -4.39. The molecule has 0 spiro atoms. The van der Waals surface area contributed by atoms with Gasteiger partial charge in [0.05, 0.1) is 12.7 Å². The Balaban J connectivity index is 0. The molecule has 0 aromatic carbocycles. The summed E-state index contributed by atoms with van der Waals surface area (Å²) in [5.74, 6) is 0.257. The fourth-order valence-corrected chi connectivity index (χ4v) is 3.78. The molecule has 174 valence electrons. The van der Waals surface area contributed by atoms with Gasteiger partial charge in [-0.1, -0.05) is 91.4 Å². The summed E-state index contributed by atoms with van der Waals surface area (Å²) in [6.07, 6.45) is 14.0. The van der Waals surface area contributed by atoms with Crippen molar-refractivity contribution in [2.75, 3.05) is 6.61 Å². The van der Waals surface area contributed by atoms with Crippen LogP contribution in [0.25, 0.3) is 0 Å². The van der Waals surface area contributed by atoms with Crippen LogP contribution < -0.4 is 29.6 Å². The molecule has 0 saturated carbocycles. The van der Waals surface area contributed by atoms with Crippen LogP contribution in [0.4, 0.5) is 0 Å². The summed E-state index contributed by atoms with van der Waals surface area (Å²) >= 11 is 0. The standard InChI is InChI=1S/C22H44O6S.Na/c1-4-5-6-7-10-13-16-21(28-29(24,25)26)17-14-11-8-9-12-15-18-22(23)27-19-20(2)3;/h20-21H,4-19H2,1-3H3,(H,24,25,26);/q;+1. The molecule has 0 aromatic rings. The van der Waals surface area contributed by atoms with Gasteiger partial charge in [-0.15, -0.1) is 0 Å². The first-order valence-electron chi connectivity index (χ1n) is 11.6. The Bertz CT molecular complexity index is 496. The van der Waals surface area contributed by atoms with Crippen LogP contribution in [0.1, 0.15) is 117 Å². The van der Waals surface area contributed by atoms with E-state index < -0.39 is 16.5 Å². The number of rotatable bonds is 20. The zero-order valence-corrected chi connectivity index (χ0v) is 22.7. The fourth-order valence-electron chi connectivity index (χ4n) is 3.25. The first-order valence-corrected chi connectivity index (χ1v) is 12.9. The fraction of sp³-hybridized carbons (Fsp3) is 0.955. The van der Waals surface area contributed by atoms with Crippen LogP contribution in [0.2, 0.25) is 0 Å². The molecule has 0 aliphatic carbocycles. The van der Waals surface area contributed by atoms with Gasteiger partial charge in [-0.05, 0) is 25.2 Å². The molecule has 0 rings (SSSR count). The third kappa shape index (κ3) is 24.6. The molecule has 0 aliphatic rings. The van der Waals surface area contributed by atoms with Crippen molar-refractivity contribution in [2.24, 2.45) is 5.92 Å². The van der Waals surface area contributed by atoms with Gasteiger partial charge in [0.25, 0.3) is 0 Å². The van der Waals surface area contributed by atoms with Gasteiger partial charge in [0.2, 0.25) is 0 Å². The van der Waals surface area contributed by atoms with Crippen molar-refractivity contribution in [2.45, 2.75) is 123 Å². The van der Waals surface area contributed by atoms with Gasteiger partial charge >= 0.3 is 45.9 Å². The van der Waals surface area contributed by atoms with Crippen LogP contribution in [0.3, 0.4) is 0 Å². The number of hydrogen-bond acceptors (Lipinski definition) is 5.